The molecule has 0 fully saturated rings. The topological polar surface area (TPSA) is 56.3 Å². The van der Waals surface area contributed by atoms with E-state index in [1.807, 2.05) is 18.2 Å². The first kappa shape index (κ1) is 15.4. The molecule has 0 saturated heterocycles. The minimum absolute atomic E-state index is 0.129. The Labute approximate surface area is 128 Å². The van der Waals surface area contributed by atoms with E-state index in [-0.39, 0.29) is 5.78 Å². The van der Waals surface area contributed by atoms with Crippen LogP contribution in [0.5, 0.6) is 0 Å². The summed E-state index contributed by atoms with van der Waals surface area (Å²) in [6.07, 6.45) is 10.2. The molecule has 0 saturated carbocycles. The molecule has 4 heteroatoms. The van der Waals surface area contributed by atoms with E-state index in [1.165, 1.54) is 13.2 Å². The zero-order valence-electron chi connectivity index (χ0n) is 12.1. The molecule has 2 rings (SSSR count). The van der Waals surface area contributed by atoms with E-state index in [1.54, 1.807) is 48.8 Å². The van der Waals surface area contributed by atoms with Gasteiger partial charge in [-0.15, -0.1) is 0 Å². The van der Waals surface area contributed by atoms with E-state index in [4.69, 9.17) is 0 Å². The zero-order chi connectivity index (χ0) is 15.8. The fourth-order valence-electron chi connectivity index (χ4n) is 1.77. The SMILES string of the molecule is COC(=O)c1ccc(C(=O)/C=C/C=C/c2ccncc2)cc1. The van der Waals surface area contributed by atoms with Gasteiger partial charge in [0.25, 0.3) is 0 Å². The summed E-state index contributed by atoms with van der Waals surface area (Å²) in [4.78, 5) is 27.2. The smallest absolute Gasteiger partial charge is 0.337 e. The number of ketones is 1. The molecule has 0 radical (unpaired) electrons. The number of hydrogen-bond donors (Lipinski definition) is 0. The van der Waals surface area contributed by atoms with Gasteiger partial charge in [-0.1, -0.05) is 30.4 Å². The molecular weight excluding hydrogens is 278 g/mol. The van der Waals surface area contributed by atoms with Crippen LogP contribution in [-0.2, 0) is 4.74 Å². The number of benzene rings is 1. The third kappa shape index (κ3) is 4.24. The molecule has 0 N–H and O–H groups in total. The quantitative estimate of drug-likeness (QED) is 0.367. The largest absolute Gasteiger partial charge is 0.465 e. The van der Waals surface area contributed by atoms with Crippen molar-refractivity contribution in [2.24, 2.45) is 0 Å². The molecule has 22 heavy (non-hydrogen) atoms. The van der Waals surface area contributed by atoms with Gasteiger partial charge in [-0.25, -0.2) is 4.79 Å². The van der Waals surface area contributed by atoms with Crippen LogP contribution in [0.4, 0.5) is 0 Å². The number of allylic oxidation sites excluding steroid dienone is 3. The number of esters is 1. The van der Waals surface area contributed by atoms with Crippen molar-refractivity contribution in [1.29, 1.82) is 0 Å². The molecular formula is C18H15NO3. The van der Waals surface area contributed by atoms with Crippen LogP contribution in [-0.4, -0.2) is 23.8 Å². The molecule has 0 aliphatic rings. The Morgan fingerprint density at radius 3 is 2.23 bits per heavy atom. The molecule has 0 spiro atoms. The molecule has 0 bridgehead atoms. The van der Waals surface area contributed by atoms with E-state index >= 15 is 0 Å². The van der Waals surface area contributed by atoms with Gasteiger partial charge in [-0.3, -0.25) is 9.78 Å². The summed E-state index contributed by atoms with van der Waals surface area (Å²) >= 11 is 0. The van der Waals surface area contributed by atoms with Crippen molar-refractivity contribution in [3.05, 3.63) is 83.7 Å². The lowest BCUT2D eigenvalue weighted by molar-refractivity contribution is 0.0600. The van der Waals surface area contributed by atoms with Crippen LogP contribution < -0.4 is 0 Å². The Kier molecular flexibility index (Phi) is 5.37. The summed E-state index contributed by atoms with van der Waals surface area (Å²) in [6, 6.07) is 10.1. The van der Waals surface area contributed by atoms with Crippen LogP contribution in [0.3, 0.4) is 0 Å². The lowest BCUT2D eigenvalue weighted by atomic mass is 10.1. The first-order valence-corrected chi connectivity index (χ1v) is 6.68. The number of aromatic nitrogens is 1. The van der Waals surface area contributed by atoms with Crippen molar-refractivity contribution < 1.29 is 14.3 Å². The molecule has 0 unspecified atom stereocenters. The van der Waals surface area contributed by atoms with Gasteiger partial charge in [0.2, 0.25) is 0 Å². The van der Waals surface area contributed by atoms with E-state index in [0.717, 1.165) is 5.56 Å². The standard InChI is InChI=1S/C18H15NO3/c1-22-18(21)16-8-6-15(7-9-16)17(20)5-3-2-4-14-10-12-19-13-11-14/h2-13H,1H3/b4-2+,5-3+. The third-order valence-electron chi connectivity index (χ3n) is 2.94. The van der Waals surface area contributed by atoms with E-state index < -0.39 is 5.97 Å². The van der Waals surface area contributed by atoms with Gasteiger partial charge in [-0.05, 0) is 35.9 Å². The molecule has 1 heterocycles. The van der Waals surface area contributed by atoms with E-state index in [2.05, 4.69) is 9.72 Å². The molecule has 1 aromatic heterocycles. The molecule has 110 valence electrons. The maximum absolute atomic E-state index is 12.0. The molecule has 0 atom stereocenters. The summed E-state index contributed by atoms with van der Waals surface area (Å²) in [5.41, 5.74) is 1.94. The zero-order valence-corrected chi connectivity index (χ0v) is 12.1. The molecule has 0 amide bonds. The first-order chi connectivity index (χ1) is 10.7. The van der Waals surface area contributed by atoms with Crippen molar-refractivity contribution in [3.8, 4) is 0 Å². The minimum atomic E-state index is -0.421. The first-order valence-electron chi connectivity index (χ1n) is 6.68. The summed E-state index contributed by atoms with van der Waals surface area (Å²) in [6.45, 7) is 0. The highest BCUT2D eigenvalue weighted by Crippen LogP contribution is 2.07. The van der Waals surface area contributed by atoms with Gasteiger partial charge in [0.1, 0.15) is 0 Å². The van der Waals surface area contributed by atoms with Crippen LogP contribution >= 0.6 is 0 Å². The Bertz CT molecular complexity index is 701. The van der Waals surface area contributed by atoms with Crippen molar-refractivity contribution in [1.82, 2.24) is 4.98 Å². The molecule has 0 aliphatic carbocycles. The highest BCUT2D eigenvalue weighted by atomic mass is 16.5. The second kappa shape index (κ2) is 7.69. The maximum Gasteiger partial charge on any atom is 0.337 e. The second-order valence-electron chi connectivity index (χ2n) is 4.43. The average Bonchev–Trinajstić information content (AvgIpc) is 2.59. The molecule has 4 nitrogen and oxygen atoms in total. The Balaban J connectivity index is 1.98. The second-order valence-corrected chi connectivity index (χ2v) is 4.43. The van der Waals surface area contributed by atoms with Crippen molar-refractivity contribution in [2.45, 2.75) is 0 Å². The van der Waals surface area contributed by atoms with Crippen LogP contribution in [0.1, 0.15) is 26.3 Å². The average molecular weight is 293 g/mol. The lowest BCUT2D eigenvalue weighted by Crippen LogP contribution is -2.02. The predicted molar refractivity (Wildman–Crippen MR) is 84.5 cm³/mol. The van der Waals surface area contributed by atoms with Gasteiger partial charge in [0.15, 0.2) is 5.78 Å². The molecule has 2 aromatic rings. The number of carbonyl (C=O) groups is 2. The van der Waals surface area contributed by atoms with E-state index in [9.17, 15) is 9.59 Å². The maximum atomic E-state index is 12.0. The van der Waals surface area contributed by atoms with Crippen LogP contribution in [0.25, 0.3) is 6.08 Å². The van der Waals surface area contributed by atoms with Gasteiger partial charge in [0.05, 0.1) is 12.7 Å². The highest BCUT2D eigenvalue weighted by molar-refractivity contribution is 6.05. The van der Waals surface area contributed by atoms with E-state index in [0.29, 0.717) is 11.1 Å². The summed E-state index contributed by atoms with van der Waals surface area (Å²) in [5, 5.41) is 0. The third-order valence-corrected chi connectivity index (χ3v) is 2.94. The fraction of sp³-hybridized carbons (Fsp3) is 0.0556. The van der Waals surface area contributed by atoms with Crippen molar-refractivity contribution in [3.63, 3.8) is 0 Å². The Hall–Kier alpha value is -3.01. The Morgan fingerprint density at radius 1 is 0.955 bits per heavy atom. The van der Waals surface area contributed by atoms with Gasteiger partial charge < -0.3 is 4.74 Å². The monoisotopic (exact) mass is 293 g/mol. The molecule has 1 aromatic carbocycles. The minimum Gasteiger partial charge on any atom is -0.465 e. The van der Waals surface area contributed by atoms with Crippen LogP contribution in [0, 0.1) is 0 Å². The van der Waals surface area contributed by atoms with Crippen molar-refractivity contribution in [2.75, 3.05) is 7.11 Å². The predicted octanol–water partition coefficient (Wildman–Crippen LogP) is 3.32. The fourth-order valence-corrected chi connectivity index (χ4v) is 1.77. The number of carbonyl (C=O) groups excluding carboxylic acids is 2. The van der Waals surface area contributed by atoms with Gasteiger partial charge in [0, 0.05) is 18.0 Å². The lowest BCUT2D eigenvalue weighted by Gasteiger charge is -1.99. The van der Waals surface area contributed by atoms with Crippen LogP contribution in [0.15, 0.2) is 67.0 Å². The number of rotatable bonds is 5. The number of methoxy groups -OCH3 is 1. The van der Waals surface area contributed by atoms with Gasteiger partial charge in [-0.2, -0.15) is 0 Å². The van der Waals surface area contributed by atoms with Crippen LogP contribution in [0.2, 0.25) is 0 Å². The number of pyridine rings is 1. The van der Waals surface area contributed by atoms with Gasteiger partial charge >= 0.3 is 5.97 Å². The summed E-state index contributed by atoms with van der Waals surface area (Å²) < 4.78 is 4.61. The number of hydrogen-bond acceptors (Lipinski definition) is 4. The Morgan fingerprint density at radius 2 is 1.59 bits per heavy atom. The van der Waals surface area contributed by atoms with Crippen molar-refractivity contribution >= 4 is 17.8 Å². The number of ether oxygens (including phenoxy) is 1. The normalized spacial score (nSPS) is 11.0. The highest BCUT2D eigenvalue weighted by Gasteiger charge is 2.06. The number of nitrogens with zero attached hydrogens (tertiary/aromatic N) is 1. The summed E-state index contributed by atoms with van der Waals surface area (Å²) in [7, 11) is 1.32. The summed E-state index contributed by atoms with van der Waals surface area (Å²) in [5.74, 6) is -0.550. The molecule has 0 aliphatic heterocycles.